The van der Waals surface area contributed by atoms with Crippen LogP contribution in [-0.4, -0.2) is 31.1 Å². The summed E-state index contributed by atoms with van der Waals surface area (Å²) in [5.74, 6) is -0.667. The van der Waals surface area contributed by atoms with Gasteiger partial charge in [0.1, 0.15) is 0 Å². The number of nitrogens with one attached hydrogen (secondary N) is 2. The van der Waals surface area contributed by atoms with Crippen molar-refractivity contribution in [3.63, 3.8) is 0 Å². The molecule has 2 heterocycles. The summed E-state index contributed by atoms with van der Waals surface area (Å²) in [6.07, 6.45) is 2.33. The minimum absolute atomic E-state index is 0.116. The van der Waals surface area contributed by atoms with Crippen LogP contribution in [0.2, 0.25) is 0 Å². The summed E-state index contributed by atoms with van der Waals surface area (Å²) in [7, 11) is 0. The van der Waals surface area contributed by atoms with Gasteiger partial charge in [-0.2, -0.15) is 0 Å². The van der Waals surface area contributed by atoms with Crippen LogP contribution < -0.4 is 10.6 Å². The van der Waals surface area contributed by atoms with Crippen molar-refractivity contribution < 1.29 is 19.1 Å². The molecule has 0 saturated carbocycles. The molecule has 2 amide bonds. The van der Waals surface area contributed by atoms with Crippen molar-refractivity contribution in [3.8, 4) is 0 Å². The Kier molecular flexibility index (Phi) is 6.22. The number of para-hydroxylation sites is 1. The van der Waals surface area contributed by atoms with Gasteiger partial charge in [-0.05, 0) is 35.6 Å². The molecule has 0 aliphatic carbocycles. The van der Waals surface area contributed by atoms with Crippen molar-refractivity contribution in [1.82, 2.24) is 5.32 Å². The van der Waals surface area contributed by atoms with Crippen molar-refractivity contribution in [1.29, 1.82) is 0 Å². The number of anilines is 1. The molecular weight excluding hydrogens is 368 g/mol. The van der Waals surface area contributed by atoms with Crippen LogP contribution in [0, 0.1) is 0 Å². The highest BCUT2D eigenvalue weighted by molar-refractivity contribution is 6.04. The van der Waals surface area contributed by atoms with E-state index in [9.17, 15) is 9.59 Å². The molecule has 6 nitrogen and oxygen atoms in total. The fourth-order valence-electron chi connectivity index (χ4n) is 3.75. The largest absolute Gasteiger partial charge is 0.381 e. The molecule has 2 aromatic carbocycles. The number of carbonyl (C=O) groups excluding carboxylic acids is 2. The van der Waals surface area contributed by atoms with Gasteiger partial charge in [-0.25, -0.2) is 0 Å². The molecule has 152 valence electrons. The Morgan fingerprint density at radius 1 is 1.07 bits per heavy atom. The first-order valence-electron chi connectivity index (χ1n) is 10.1. The first-order valence-corrected chi connectivity index (χ1v) is 10.1. The number of ether oxygens (including phenoxy) is 2. The lowest BCUT2D eigenvalue weighted by Crippen LogP contribution is -2.26. The second-order valence-electron chi connectivity index (χ2n) is 7.55. The molecule has 6 heteroatoms. The van der Waals surface area contributed by atoms with E-state index in [4.69, 9.17) is 9.47 Å². The van der Waals surface area contributed by atoms with Crippen LogP contribution in [0.5, 0.6) is 0 Å². The average Bonchev–Trinajstić information content (AvgIpc) is 3.07. The number of benzene rings is 2. The molecule has 0 bridgehead atoms. The van der Waals surface area contributed by atoms with Gasteiger partial charge >= 0.3 is 0 Å². The van der Waals surface area contributed by atoms with Crippen LogP contribution in [0.1, 0.15) is 41.9 Å². The molecule has 1 unspecified atom stereocenters. The third-order valence-electron chi connectivity index (χ3n) is 5.47. The second kappa shape index (κ2) is 9.20. The molecule has 2 aliphatic rings. The average molecular weight is 394 g/mol. The molecule has 2 aromatic rings. The standard InChI is InChI=1S/C23H26N2O4/c26-22(13-20-19-3-1-2-4-21(19)25-23(20)27)24-14-16-5-7-17(8-6-16)15-29-18-9-11-28-12-10-18/h1-8,18,20H,9-15H2,(H,24,26)(H,25,27). The van der Waals surface area contributed by atoms with Crippen LogP contribution in [0.15, 0.2) is 48.5 Å². The predicted molar refractivity (Wildman–Crippen MR) is 109 cm³/mol. The molecule has 0 spiro atoms. The number of hydrogen-bond donors (Lipinski definition) is 2. The lowest BCUT2D eigenvalue weighted by Gasteiger charge is -2.22. The zero-order chi connectivity index (χ0) is 20.1. The molecule has 29 heavy (non-hydrogen) atoms. The van der Waals surface area contributed by atoms with E-state index in [1.165, 1.54) is 0 Å². The van der Waals surface area contributed by atoms with E-state index in [-0.39, 0.29) is 24.3 Å². The third kappa shape index (κ3) is 5.02. The van der Waals surface area contributed by atoms with Gasteiger partial charge in [0.25, 0.3) is 0 Å². The van der Waals surface area contributed by atoms with Gasteiger partial charge in [0.15, 0.2) is 0 Å². The quantitative estimate of drug-likeness (QED) is 0.757. The summed E-state index contributed by atoms with van der Waals surface area (Å²) in [5.41, 5.74) is 3.82. The van der Waals surface area contributed by atoms with E-state index < -0.39 is 5.92 Å². The summed E-state index contributed by atoms with van der Waals surface area (Å²) >= 11 is 0. The summed E-state index contributed by atoms with van der Waals surface area (Å²) in [4.78, 5) is 24.5. The van der Waals surface area contributed by atoms with Gasteiger partial charge < -0.3 is 20.1 Å². The summed E-state index contributed by atoms with van der Waals surface area (Å²) in [6, 6.07) is 15.6. The molecule has 1 saturated heterocycles. The van der Waals surface area contributed by atoms with Gasteiger partial charge in [-0.1, -0.05) is 42.5 Å². The van der Waals surface area contributed by atoms with Crippen LogP contribution in [0.25, 0.3) is 0 Å². The van der Waals surface area contributed by atoms with Crippen LogP contribution in [-0.2, 0) is 32.2 Å². The van der Waals surface area contributed by atoms with Crippen molar-refractivity contribution in [2.75, 3.05) is 18.5 Å². The highest BCUT2D eigenvalue weighted by Crippen LogP contribution is 2.34. The topological polar surface area (TPSA) is 76.7 Å². The number of hydrogen-bond acceptors (Lipinski definition) is 4. The second-order valence-corrected chi connectivity index (χ2v) is 7.55. The number of fused-ring (bicyclic) bond motifs is 1. The van der Waals surface area contributed by atoms with Crippen molar-refractivity contribution in [2.24, 2.45) is 0 Å². The van der Waals surface area contributed by atoms with Crippen LogP contribution in [0.3, 0.4) is 0 Å². The minimum atomic E-state index is -0.420. The Labute approximate surface area is 170 Å². The predicted octanol–water partition coefficient (Wildman–Crippen LogP) is 3.12. The lowest BCUT2D eigenvalue weighted by molar-refractivity contribution is -0.125. The first kappa shape index (κ1) is 19.6. The van der Waals surface area contributed by atoms with Gasteiger partial charge in [0.2, 0.25) is 11.8 Å². The Morgan fingerprint density at radius 3 is 2.59 bits per heavy atom. The normalized spacial score (nSPS) is 18.9. The van der Waals surface area contributed by atoms with E-state index in [1.54, 1.807) is 0 Å². The smallest absolute Gasteiger partial charge is 0.232 e. The zero-order valence-corrected chi connectivity index (χ0v) is 16.4. The summed E-state index contributed by atoms with van der Waals surface area (Å²) in [6.45, 7) is 2.58. The van der Waals surface area contributed by atoms with Gasteiger partial charge in [-0.15, -0.1) is 0 Å². The first-order chi connectivity index (χ1) is 14.2. The molecule has 0 radical (unpaired) electrons. The molecule has 4 rings (SSSR count). The highest BCUT2D eigenvalue weighted by Gasteiger charge is 2.31. The maximum Gasteiger partial charge on any atom is 0.232 e. The van der Waals surface area contributed by atoms with Gasteiger partial charge in [0, 0.05) is 31.9 Å². The Bertz CT molecular complexity index is 859. The lowest BCUT2D eigenvalue weighted by atomic mass is 9.97. The molecule has 0 aromatic heterocycles. The summed E-state index contributed by atoms with van der Waals surface area (Å²) in [5, 5.41) is 5.75. The molecule has 2 N–H and O–H groups in total. The monoisotopic (exact) mass is 394 g/mol. The number of carbonyl (C=O) groups is 2. The molecule has 2 aliphatic heterocycles. The van der Waals surface area contributed by atoms with Crippen molar-refractivity contribution in [2.45, 2.75) is 44.4 Å². The Balaban J connectivity index is 1.24. The fourth-order valence-corrected chi connectivity index (χ4v) is 3.75. The minimum Gasteiger partial charge on any atom is -0.381 e. The van der Waals surface area contributed by atoms with Gasteiger partial charge in [0.05, 0.1) is 18.6 Å². The Morgan fingerprint density at radius 2 is 1.79 bits per heavy atom. The Hall–Kier alpha value is -2.70. The maximum absolute atomic E-state index is 12.4. The number of rotatable bonds is 7. The van der Waals surface area contributed by atoms with E-state index in [0.717, 1.165) is 48.4 Å². The highest BCUT2D eigenvalue weighted by atomic mass is 16.5. The maximum atomic E-state index is 12.4. The van der Waals surface area contributed by atoms with E-state index in [1.807, 2.05) is 48.5 Å². The molecule has 1 atom stereocenters. The van der Waals surface area contributed by atoms with E-state index in [2.05, 4.69) is 10.6 Å². The molecular formula is C23H26N2O4. The van der Waals surface area contributed by atoms with Crippen molar-refractivity contribution >= 4 is 17.5 Å². The molecule has 1 fully saturated rings. The zero-order valence-electron chi connectivity index (χ0n) is 16.4. The van der Waals surface area contributed by atoms with Crippen LogP contribution >= 0.6 is 0 Å². The third-order valence-corrected chi connectivity index (χ3v) is 5.47. The van der Waals surface area contributed by atoms with Crippen molar-refractivity contribution in [3.05, 3.63) is 65.2 Å². The summed E-state index contributed by atoms with van der Waals surface area (Å²) < 4.78 is 11.3. The van der Waals surface area contributed by atoms with Crippen LogP contribution in [0.4, 0.5) is 5.69 Å². The van der Waals surface area contributed by atoms with E-state index >= 15 is 0 Å². The van der Waals surface area contributed by atoms with E-state index in [0.29, 0.717) is 13.2 Å². The van der Waals surface area contributed by atoms with Gasteiger partial charge in [-0.3, -0.25) is 9.59 Å². The SMILES string of the molecule is O=C(CC1C(=O)Nc2ccccc21)NCc1ccc(COC2CCOCC2)cc1. The fraction of sp³-hybridized carbons (Fsp3) is 0.391. The number of amides is 2.